The smallest absolute Gasteiger partial charge is 0.253 e. The van der Waals surface area contributed by atoms with E-state index in [9.17, 15) is 4.79 Å². The maximum atomic E-state index is 12.0. The molecular weight excluding hydrogens is 228 g/mol. The molecule has 0 aliphatic heterocycles. The highest BCUT2D eigenvalue weighted by atomic mass is 16.5. The number of methoxy groups -OCH3 is 1. The Kier molecular flexibility index (Phi) is 4.07. The summed E-state index contributed by atoms with van der Waals surface area (Å²) in [4.78, 5) is 12.0. The van der Waals surface area contributed by atoms with Crippen LogP contribution in [0.3, 0.4) is 0 Å². The maximum absolute atomic E-state index is 12.0. The largest absolute Gasteiger partial charge is 0.495 e. The third kappa shape index (κ3) is 2.75. The number of para-hydroxylation sites is 1. The van der Waals surface area contributed by atoms with Crippen molar-refractivity contribution in [2.24, 2.45) is 5.92 Å². The van der Waals surface area contributed by atoms with Crippen molar-refractivity contribution < 1.29 is 9.53 Å². The molecule has 1 saturated carbocycles. The molecule has 4 nitrogen and oxygen atoms in total. The van der Waals surface area contributed by atoms with Crippen LogP contribution in [-0.2, 0) is 0 Å². The fourth-order valence-corrected chi connectivity index (χ4v) is 2.47. The summed E-state index contributed by atoms with van der Waals surface area (Å²) < 4.78 is 5.11. The summed E-state index contributed by atoms with van der Waals surface area (Å²) in [7, 11) is 1.55. The number of nitrogen functional groups attached to an aromatic ring is 1. The first kappa shape index (κ1) is 12.7. The molecule has 0 bridgehead atoms. The number of hydrogen-bond donors (Lipinski definition) is 2. The van der Waals surface area contributed by atoms with Gasteiger partial charge in [0.15, 0.2) is 0 Å². The van der Waals surface area contributed by atoms with Crippen molar-refractivity contribution >= 4 is 11.6 Å². The summed E-state index contributed by atoms with van der Waals surface area (Å²) in [5.74, 6) is 1.06. The van der Waals surface area contributed by atoms with Crippen LogP contribution in [0.4, 0.5) is 5.69 Å². The molecule has 2 rings (SSSR count). The Morgan fingerprint density at radius 2 is 2.17 bits per heavy atom. The van der Waals surface area contributed by atoms with E-state index in [0.29, 0.717) is 22.9 Å². The van der Waals surface area contributed by atoms with Gasteiger partial charge in [0.1, 0.15) is 5.75 Å². The van der Waals surface area contributed by atoms with E-state index in [0.717, 1.165) is 6.54 Å². The average molecular weight is 248 g/mol. The number of hydrogen-bond acceptors (Lipinski definition) is 3. The second kappa shape index (κ2) is 5.76. The van der Waals surface area contributed by atoms with Gasteiger partial charge in [-0.3, -0.25) is 4.79 Å². The topological polar surface area (TPSA) is 64.3 Å². The molecule has 0 atom stereocenters. The summed E-state index contributed by atoms with van der Waals surface area (Å²) in [6.45, 7) is 0.746. The molecule has 98 valence electrons. The van der Waals surface area contributed by atoms with Gasteiger partial charge < -0.3 is 15.8 Å². The minimum absolute atomic E-state index is 0.113. The lowest BCUT2D eigenvalue weighted by Gasteiger charge is -2.13. The number of nitrogens with one attached hydrogen (secondary N) is 1. The molecule has 1 aliphatic carbocycles. The van der Waals surface area contributed by atoms with Crippen molar-refractivity contribution in [3.63, 3.8) is 0 Å². The van der Waals surface area contributed by atoms with Crippen LogP contribution in [0.5, 0.6) is 5.75 Å². The normalized spacial score (nSPS) is 15.6. The van der Waals surface area contributed by atoms with Gasteiger partial charge in [-0.15, -0.1) is 0 Å². The summed E-state index contributed by atoms with van der Waals surface area (Å²) in [5.41, 5.74) is 6.79. The summed E-state index contributed by atoms with van der Waals surface area (Å²) in [6.07, 6.45) is 4.99. The van der Waals surface area contributed by atoms with Crippen LogP contribution in [0, 0.1) is 5.92 Å². The van der Waals surface area contributed by atoms with Crippen molar-refractivity contribution in [1.29, 1.82) is 0 Å². The standard InChI is InChI=1S/C14H20N2O2/c1-18-12-8-4-7-11(13(12)15)14(17)16-9-10-5-2-3-6-10/h4,7-8,10H,2-3,5-6,9,15H2,1H3,(H,16,17). The van der Waals surface area contributed by atoms with E-state index in [2.05, 4.69) is 5.32 Å². The third-order valence-electron chi connectivity index (χ3n) is 3.56. The number of benzene rings is 1. The Hall–Kier alpha value is -1.71. The lowest BCUT2D eigenvalue weighted by Crippen LogP contribution is -2.29. The SMILES string of the molecule is COc1cccc(C(=O)NCC2CCCC2)c1N. The summed E-state index contributed by atoms with van der Waals surface area (Å²) in [5, 5.41) is 2.96. The van der Waals surface area contributed by atoms with Crippen molar-refractivity contribution in [2.45, 2.75) is 25.7 Å². The van der Waals surface area contributed by atoms with E-state index in [4.69, 9.17) is 10.5 Å². The Morgan fingerprint density at radius 1 is 1.44 bits per heavy atom. The monoisotopic (exact) mass is 248 g/mol. The van der Waals surface area contributed by atoms with Crippen LogP contribution in [0.2, 0.25) is 0 Å². The molecule has 0 unspecified atom stereocenters. The highest BCUT2D eigenvalue weighted by Gasteiger charge is 2.17. The minimum Gasteiger partial charge on any atom is -0.495 e. The molecule has 1 aromatic carbocycles. The highest BCUT2D eigenvalue weighted by Crippen LogP contribution is 2.26. The zero-order valence-electron chi connectivity index (χ0n) is 10.7. The molecule has 0 saturated heterocycles. The Labute approximate surface area is 108 Å². The first-order valence-electron chi connectivity index (χ1n) is 6.43. The first-order valence-corrected chi connectivity index (χ1v) is 6.43. The molecular formula is C14H20N2O2. The fourth-order valence-electron chi connectivity index (χ4n) is 2.47. The van der Waals surface area contributed by atoms with Crippen LogP contribution in [0.25, 0.3) is 0 Å². The van der Waals surface area contributed by atoms with Gasteiger partial charge in [-0.1, -0.05) is 18.9 Å². The second-order valence-electron chi connectivity index (χ2n) is 4.78. The second-order valence-corrected chi connectivity index (χ2v) is 4.78. The van der Waals surface area contributed by atoms with E-state index in [-0.39, 0.29) is 5.91 Å². The molecule has 0 spiro atoms. The molecule has 4 heteroatoms. The zero-order chi connectivity index (χ0) is 13.0. The van der Waals surface area contributed by atoms with Crippen LogP contribution in [-0.4, -0.2) is 19.6 Å². The Morgan fingerprint density at radius 3 is 2.83 bits per heavy atom. The van der Waals surface area contributed by atoms with Gasteiger partial charge in [0, 0.05) is 6.54 Å². The van der Waals surface area contributed by atoms with Crippen molar-refractivity contribution in [3.05, 3.63) is 23.8 Å². The number of amides is 1. The van der Waals surface area contributed by atoms with Crippen molar-refractivity contribution in [2.75, 3.05) is 19.4 Å². The van der Waals surface area contributed by atoms with Crippen LogP contribution < -0.4 is 15.8 Å². The molecule has 1 fully saturated rings. The fraction of sp³-hybridized carbons (Fsp3) is 0.500. The predicted molar refractivity (Wildman–Crippen MR) is 71.7 cm³/mol. The van der Waals surface area contributed by atoms with Gasteiger partial charge in [0.05, 0.1) is 18.4 Å². The van der Waals surface area contributed by atoms with Crippen LogP contribution >= 0.6 is 0 Å². The predicted octanol–water partition coefficient (Wildman–Crippen LogP) is 2.20. The number of carbonyl (C=O) groups excluding carboxylic acids is 1. The average Bonchev–Trinajstić information content (AvgIpc) is 2.89. The molecule has 1 aliphatic rings. The molecule has 18 heavy (non-hydrogen) atoms. The van der Waals surface area contributed by atoms with Crippen LogP contribution in [0.1, 0.15) is 36.0 Å². The van der Waals surface area contributed by atoms with Gasteiger partial charge >= 0.3 is 0 Å². The Balaban J connectivity index is 1.99. The van der Waals surface area contributed by atoms with E-state index in [1.54, 1.807) is 25.3 Å². The zero-order valence-corrected chi connectivity index (χ0v) is 10.7. The van der Waals surface area contributed by atoms with Gasteiger partial charge in [-0.25, -0.2) is 0 Å². The van der Waals surface area contributed by atoms with E-state index >= 15 is 0 Å². The van der Waals surface area contributed by atoms with Gasteiger partial charge in [-0.05, 0) is 30.9 Å². The van der Waals surface area contributed by atoms with Gasteiger partial charge in [0.25, 0.3) is 5.91 Å². The Bertz CT molecular complexity index is 426. The first-order chi connectivity index (χ1) is 8.72. The third-order valence-corrected chi connectivity index (χ3v) is 3.56. The molecule has 1 aromatic rings. The van der Waals surface area contributed by atoms with Crippen molar-refractivity contribution in [3.8, 4) is 5.75 Å². The molecule has 0 heterocycles. The number of nitrogens with two attached hydrogens (primary N) is 1. The minimum atomic E-state index is -0.113. The van der Waals surface area contributed by atoms with Crippen molar-refractivity contribution in [1.82, 2.24) is 5.32 Å². The lowest BCUT2D eigenvalue weighted by atomic mass is 10.1. The lowest BCUT2D eigenvalue weighted by molar-refractivity contribution is 0.0948. The van der Waals surface area contributed by atoms with E-state index < -0.39 is 0 Å². The van der Waals surface area contributed by atoms with Gasteiger partial charge in [0.2, 0.25) is 0 Å². The number of anilines is 1. The summed E-state index contributed by atoms with van der Waals surface area (Å²) >= 11 is 0. The van der Waals surface area contributed by atoms with Crippen LogP contribution in [0.15, 0.2) is 18.2 Å². The number of ether oxygens (including phenoxy) is 1. The number of carbonyl (C=O) groups is 1. The summed E-state index contributed by atoms with van der Waals surface area (Å²) in [6, 6.07) is 5.25. The number of rotatable bonds is 4. The molecule has 0 radical (unpaired) electrons. The highest BCUT2D eigenvalue weighted by molar-refractivity contribution is 6.00. The maximum Gasteiger partial charge on any atom is 0.253 e. The quantitative estimate of drug-likeness (QED) is 0.803. The van der Waals surface area contributed by atoms with E-state index in [1.807, 2.05) is 0 Å². The molecule has 3 N–H and O–H groups in total. The molecule has 1 amide bonds. The van der Waals surface area contributed by atoms with Gasteiger partial charge in [-0.2, -0.15) is 0 Å². The molecule has 0 aromatic heterocycles. The van der Waals surface area contributed by atoms with E-state index in [1.165, 1.54) is 25.7 Å².